The summed E-state index contributed by atoms with van der Waals surface area (Å²) in [5, 5.41) is 0.736. The molecule has 0 unspecified atom stereocenters. The van der Waals surface area contributed by atoms with Crippen molar-refractivity contribution in [2.75, 3.05) is 7.11 Å². The molecule has 2 aromatic rings. The highest BCUT2D eigenvalue weighted by Gasteiger charge is 2.36. The van der Waals surface area contributed by atoms with Gasteiger partial charge in [-0.3, -0.25) is 9.69 Å². The topological polar surface area (TPSA) is 41.9 Å². The largest absolute Gasteiger partial charge is 0.496 e. The van der Waals surface area contributed by atoms with Crippen molar-refractivity contribution in [1.82, 2.24) is 4.90 Å². The van der Waals surface area contributed by atoms with Crippen LogP contribution in [0.2, 0.25) is 0 Å². The Morgan fingerprint density at radius 1 is 1.18 bits per heavy atom. The van der Waals surface area contributed by atoms with Crippen LogP contribution in [0.4, 0.5) is 5.69 Å². The van der Waals surface area contributed by atoms with Gasteiger partial charge >= 0.3 is 0 Å². The van der Waals surface area contributed by atoms with Crippen molar-refractivity contribution in [2.45, 2.75) is 40.2 Å². The fraction of sp³-hybridized carbons (Fsp3) is 0.304. The molecule has 1 heterocycles. The molecule has 0 aromatic heterocycles. The third kappa shape index (κ3) is 4.30. The number of hydrogen-bond acceptors (Lipinski definition) is 4. The van der Waals surface area contributed by atoms with Crippen LogP contribution < -0.4 is 4.74 Å². The number of amides is 1. The molecule has 0 aliphatic carbocycles. The summed E-state index contributed by atoms with van der Waals surface area (Å²) in [6.07, 6.45) is 2.81. The lowest BCUT2D eigenvalue weighted by molar-refractivity contribution is -0.123. The van der Waals surface area contributed by atoms with Crippen LogP contribution in [0.3, 0.4) is 0 Å². The van der Waals surface area contributed by atoms with E-state index in [9.17, 15) is 4.79 Å². The molecule has 0 N–H and O–H groups in total. The Balaban J connectivity index is 1.97. The maximum atomic E-state index is 13.1. The van der Waals surface area contributed by atoms with Gasteiger partial charge in [-0.05, 0) is 80.4 Å². The predicted octanol–water partition coefficient (Wildman–Crippen LogP) is 5.71. The molecule has 0 spiro atoms. The van der Waals surface area contributed by atoms with Gasteiger partial charge in [0.1, 0.15) is 5.75 Å². The molecule has 1 aliphatic rings. The van der Waals surface area contributed by atoms with Gasteiger partial charge in [-0.15, -0.1) is 0 Å². The van der Waals surface area contributed by atoms with E-state index in [-0.39, 0.29) is 11.9 Å². The lowest BCUT2D eigenvalue weighted by atomic mass is 10.1. The Labute approximate surface area is 171 Å². The summed E-state index contributed by atoms with van der Waals surface area (Å²) < 4.78 is 5.33. The second kappa shape index (κ2) is 8.65. The number of hydrogen-bond donors (Lipinski definition) is 0. The SMILES string of the molecule is CC[C@H](C)N1C(=O)/C(=C\c2ccc(OC)c(C)c2)SC1=Nc1ccc(C)cc1. The summed E-state index contributed by atoms with van der Waals surface area (Å²) in [5.41, 5.74) is 4.07. The van der Waals surface area contributed by atoms with E-state index in [1.807, 2.05) is 67.3 Å². The lowest BCUT2D eigenvalue weighted by Gasteiger charge is -2.22. The molecule has 0 bridgehead atoms. The Bertz CT molecular complexity index is 932. The van der Waals surface area contributed by atoms with Crippen molar-refractivity contribution in [3.8, 4) is 5.75 Å². The Morgan fingerprint density at radius 3 is 2.50 bits per heavy atom. The van der Waals surface area contributed by atoms with Crippen molar-refractivity contribution >= 4 is 34.6 Å². The number of aryl methyl sites for hydroxylation is 2. The van der Waals surface area contributed by atoms with E-state index in [1.54, 1.807) is 7.11 Å². The highest BCUT2D eigenvalue weighted by Crippen LogP contribution is 2.36. The minimum absolute atomic E-state index is 0.0127. The summed E-state index contributed by atoms with van der Waals surface area (Å²) in [6, 6.07) is 14.1. The van der Waals surface area contributed by atoms with Crippen molar-refractivity contribution in [3.05, 3.63) is 64.1 Å². The van der Waals surface area contributed by atoms with Crippen LogP contribution in [-0.2, 0) is 4.79 Å². The first kappa shape index (κ1) is 20.2. The summed E-state index contributed by atoms with van der Waals surface area (Å²) in [5.74, 6) is 0.856. The van der Waals surface area contributed by atoms with E-state index < -0.39 is 0 Å². The molecular weight excluding hydrogens is 368 g/mol. The number of thioether (sulfide) groups is 1. The second-order valence-corrected chi connectivity index (χ2v) is 8.01. The highest BCUT2D eigenvalue weighted by molar-refractivity contribution is 8.18. The number of amidine groups is 1. The maximum Gasteiger partial charge on any atom is 0.266 e. The number of aliphatic imine (C=N–C) groups is 1. The first-order valence-electron chi connectivity index (χ1n) is 9.46. The highest BCUT2D eigenvalue weighted by atomic mass is 32.2. The molecule has 0 saturated carbocycles. The van der Waals surface area contributed by atoms with Gasteiger partial charge in [0.2, 0.25) is 0 Å². The Morgan fingerprint density at radius 2 is 1.89 bits per heavy atom. The zero-order valence-electron chi connectivity index (χ0n) is 17.0. The van der Waals surface area contributed by atoms with Crippen molar-refractivity contribution < 1.29 is 9.53 Å². The summed E-state index contributed by atoms with van der Waals surface area (Å²) in [4.78, 5) is 20.4. The third-order valence-corrected chi connectivity index (χ3v) is 5.83. The molecule has 3 rings (SSSR count). The number of rotatable bonds is 5. The van der Waals surface area contributed by atoms with Gasteiger partial charge in [-0.2, -0.15) is 0 Å². The van der Waals surface area contributed by atoms with Crippen LogP contribution in [0.1, 0.15) is 37.0 Å². The number of carbonyl (C=O) groups is 1. The average molecular weight is 395 g/mol. The van der Waals surface area contributed by atoms with E-state index in [0.29, 0.717) is 4.91 Å². The molecule has 28 heavy (non-hydrogen) atoms. The van der Waals surface area contributed by atoms with Crippen LogP contribution in [0.15, 0.2) is 52.4 Å². The van der Waals surface area contributed by atoms with Gasteiger partial charge in [-0.1, -0.05) is 30.7 Å². The zero-order valence-corrected chi connectivity index (χ0v) is 17.8. The molecule has 4 nitrogen and oxygen atoms in total. The standard InChI is InChI=1S/C23H26N2O2S/c1-6-17(4)25-22(26)21(14-18-9-12-20(27-5)16(3)13-18)28-23(25)24-19-10-7-15(2)8-11-19/h7-14,17H,6H2,1-5H3/b21-14+,24-23?/t17-/m0/s1. The third-order valence-electron chi connectivity index (χ3n) is 4.84. The van der Waals surface area contributed by atoms with Gasteiger partial charge in [0, 0.05) is 6.04 Å². The van der Waals surface area contributed by atoms with E-state index in [1.165, 1.54) is 17.3 Å². The molecule has 1 atom stereocenters. The van der Waals surface area contributed by atoms with E-state index in [0.717, 1.165) is 34.2 Å². The van der Waals surface area contributed by atoms with Crippen LogP contribution >= 0.6 is 11.8 Å². The smallest absolute Gasteiger partial charge is 0.266 e. The maximum absolute atomic E-state index is 13.1. The molecule has 1 fully saturated rings. The number of ether oxygens (including phenoxy) is 1. The van der Waals surface area contributed by atoms with E-state index in [2.05, 4.69) is 13.8 Å². The quantitative estimate of drug-likeness (QED) is 0.610. The van der Waals surface area contributed by atoms with Crippen LogP contribution in [0, 0.1) is 13.8 Å². The number of methoxy groups -OCH3 is 1. The molecule has 0 radical (unpaired) electrons. The monoisotopic (exact) mass is 394 g/mol. The Kier molecular flexibility index (Phi) is 6.25. The first-order chi connectivity index (χ1) is 13.4. The molecule has 146 valence electrons. The minimum atomic E-state index is 0.0127. The van der Waals surface area contributed by atoms with Gasteiger partial charge in [0.15, 0.2) is 5.17 Å². The van der Waals surface area contributed by atoms with Crippen LogP contribution in [0.5, 0.6) is 5.75 Å². The summed E-state index contributed by atoms with van der Waals surface area (Å²) in [7, 11) is 1.66. The van der Waals surface area contributed by atoms with Crippen molar-refractivity contribution in [1.29, 1.82) is 0 Å². The molecular formula is C23H26N2O2S. The average Bonchev–Trinajstić information content (AvgIpc) is 2.98. The number of nitrogens with zero attached hydrogens (tertiary/aromatic N) is 2. The molecule has 5 heteroatoms. The number of benzene rings is 2. The summed E-state index contributed by atoms with van der Waals surface area (Å²) in [6.45, 7) is 8.19. The van der Waals surface area contributed by atoms with Gasteiger partial charge in [-0.25, -0.2) is 4.99 Å². The van der Waals surface area contributed by atoms with E-state index >= 15 is 0 Å². The molecule has 1 amide bonds. The van der Waals surface area contributed by atoms with E-state index in [4.69, 9.17) is 9.73 Å². The van der Waals surface area contributed by atoms with Crippen LogP contribution in [0.25, 0.3) is 6.08 Å². The molecule has 1 aliphatic heterocycles. The van der Waals surface area contributed by atoms with Crippen LogP contribution in [-0.4, -0.2) is 29.1 Å². The van der Waals surface area contributed by atoms with Gasteiger partial charge in [0.25, 0.3) is 5.91 Å². The Hall–Kier alpha value is -2.53. The normalized spacial score (nSPS) is 18.2. The predicted molar refractivity (Wildman–Crippen MR) is 118 cm³/mol. The first-order valence-corrected chi connectivity index (χ1v) is 10.3. The molecule has 1 saturated heterocycles. The lowest BCUT2D eigenvalue weighted by Crippen LogP contribution is -2.36. The molecule has 2 aromatic carbocycles. The minimum Gasteiger partial charge on any atom is -0.496 e. The zero-order chi connectivity index (χ0) is 20.3. The number of carbonyl (C=O) groups excluding carboxylic acids is 1. The van der Waals surface area contributed by atoms with Crippen molar-refractivity contribution in [3.63, 3.8) is 0 Å². The van der Waals surface area contributed by atoms with Crippen molar-refractivity contribution in [2.24, 2.45) is 4.99 Å². The van der Waals surface area contributed by atoms with Gasteiger partial charge < -0.3 is 4.74 Å². The fourth-order valence-corrected chi connectivity index (χ4v) is 4.10. The fourth-order valence-electron chi connectivity index (χ4n) is 3.01. The van der Waals surface area contributed by atoms with Gasteiger partial charge in [0.05, 0.1) is 17.7 Å². The summed E-state index contributed by atoms with van der Waals surface area (Å²) >= 11 is 1.44. The second-order valence-electron chi connectivity index (χ2n) is 7.00.